The van der Waals surface area contributed by atoms with Crippen LogP contribution in [0.1, 0.15) is 33.1 Å². The highest BCUT2D eigenvalue weighted by atomic mass is 16.5. The Morgan fingerprint density at radius 2 is 2.20 bits per heavy atom. The van der Waals surface area contributed by atoms with Crippen LogP contribution in [0, 0.1) is 0 Å². The van der Waals surface area contributed by atoms with Gasteiger partial charge in [0.1, 0.15) is 0 Å². The Labute approximate surface area is 91.1 Å². The summed E-state index contributed by atoms with van der Waals surface area (Å²) in [7, 11) is 0. The van der Waals surface area contributed by atoms with Crippen molar-refractivity contribution in [2.45, 2.75) is 44.8 Å². The average Bonchev–Trinajstić information content (AvgIpc) is 2.13. The van der Waals surface area contributed by atoms with Gasteiger partial charge in [-0.2, -0.15) is 0 Å². The summed E-state index contributed by atoms with van der Waals surface area (Å²) in [6.07, 6.45) is 2.44. The molecule has 0 aliphatic heterocycles. The molecular weight excluding hydrogens is 194 g/mol. The highest BCUT2D eigenvalue weighted by molar-refractivity contribution is 5.81. The van der Waals surface area contributed by atoms with Gasteiger partial charge in [0.15, 0.2) is 0 Å². The van der Waals surface area contributed by atoms with Crippen molar-refractivity contribution in [2.24, 2.45) is 5.73 Å². The highest BCUT2D eigenvalue weighted by Gasteiger charge is 2.13. The molecule has 0 amide bonds. The van der Waals surface area contributed by atoms with Gasteiger partial charge in [0.05, 0.1) is 12.7 Å². The summed E-state index contributed by atoms with van der Waals surface area (Å²) in [5.74, 6) is -0.457. The average molecular weight is 215 g/mol. The molecule has 1 unspecified atom stereocenters. The van der Waals surface area contributed by atoms with Gasteiger partial charge in [-0.3, -0.25) is 0 Å². The van der Waals surface area contributed by atoms with Crippen LogP contribution >= 0.6 is 0 Å². The maximum absolute atomic E-state index is 10.7. The van der Waals surface area contributed by atoms with Crippen LogP contribution in [0.3, 0.4) is 0 Å². The summed E-state index contributed by atoms with van der Waals surface area (Å²) in [6.45, 7) is 7.32. The van der Waals surface area contributed by atoms with Gasteiger partial charge in [0, 0.05) is 18.0 Å². The molecule has 0 spiro atoms. The topological polar surface area (TPSA) is 72.5 Å². The molecule has 0 radical (unpaired) electrons. The molecule has 4 nitrogen and oxygen atoms in total. The maximum atomic E-state index is 10.7. The van der Waals surface area contributed by atoms with Gasteiger partial charge < -0.3 is 15.6 Å². The van der Waals surface area contributed by atoms with Gasteiger partial charge in [-0.1, -0.05) is 6.58 Å². The predicted molar refractivity (Wildman–Crippen MR) is 59.3 cm³/mol. The molecule has 0 aliphatic carbocycles. The predicted octanol–water partition coefficient (Wildman–Crippen LogP) is 0.984. The first-order valence-electron chi connectivity index (χ1n) is 5.11. The van der Waals surface area contributed by atoms with E-state index < -0.39 is 12.1 Å². The van der Waals surface area contributed by atoms with Crippen molar-refractivity contribution in [3.63, 3.8) is 0 Å². The SMILES string of the molecule is C=CC(=O)OCCC(O)CCC(C)(C)N. The second kappa shape index (κ2) is 6.58. The molecule has 0 aromatic rings. The number of rotatable bonds is 7. The molecule has 0 saturated carbocycles. The van der Waals surface area contributed by atoms with Crippen molar-refractivity contribution < 1.29 is 14.6 Å². The molecule has 15 heavy (non-hydrogen) atoms. The molecule has 0 heterocycles. The van der Waals surface area contributed by atoms with Crippen molar-refractivity contribution in [3.05, 3.63) is 12.7 Å². The summed E-state index contributed by atoms with van der Waals surface area (Å²) in [5.41, 5.74) is 5.51. The zero-order valence-corrected chi connectivity index (χ0v) is 9.53. The number of hydrogen-bond acceptors (Lipinski definition) is 4. The van der Waals surface area contributed by atoms with Crippen molar-refractivity contribution in [3.8, 4) is 0 Å². The number of aliphatic hydroxyl groups excluding tert-OH is 1. The Hall–Kier alpha value is -0.870. The van der Waals surface area contributed by atoms with Gasteiger partial charge in [-0.15, -0.1) is 0 Å². The fourth-order valence-electron chi connectivity index (χ4n) is 1.04. The lowest BCUT2D eigenvalue weighted by molar-refractivity contribution is -0.138. The molecule has 4 heteroatoms. The highest BCUT2D eigenvalue weighted by Crippen LogP contribution is 2.11. The van der Waals surface area contributed by atoms with Crippen molar-refractivity contribution in [1.29, 1.82) is 0 Å². The normalized spacial score (nSPS) is 13.3. The lowest BCUT2D eigenvalue weighted by atomic mass is 9.97. The van der Waals surface area contributed by atoms with E-state index >= 15 is 0 Å². The Kier molecular flexibility index (Phi) is 6.20. The van der Waals surface area contributed by atoms with Gasteiger partial charge in [0.2, 0.25) is 0 Å². The minimum atomic E-state index is -0.467. The van der Waals surface area contributed by atoms with E-state index in [1.54, 1.807) is 0 Å². The van der Waals surface area contributed by atoms with E-state index in [1.165, 1.54) is 0 Å². The third kappa shape index (κ3) is 9.43. The summed E-state index contributed by atoms with van der Waals surface area (Å²) >= 11 is 0. The molecular formula is C11H21NO3. The lowest BCUT2D eigenvalue weighted by Crippen LogP contribution is -2.33. The molecule has 1 atom stereocenters. The maximum Gasteiger partial charge on any atom is 0.330 e. The third-order valence-electron chi connectivity index (χ3n) is 1.98. The van der Waals surface area contributed by atoms with Crippen LogP contribution < -0.4 is 5.73 Å². The first-order chi connectivity index (χ1) is 6.85. The van der Waals surface area contributed by atoms with E-state index in [0.29, 0.717) is 12.8 Å². The van der Waals surface area contributed by atoms with E-state index in [4.69, 9.17) is 10.5 Å². The minimum absolute atomic E-state index is 0.219. The molecule has 0 saturated heterocycles. The number of carbonyl (C=O) groups excluding carboxylic acids is 1. The number of ether oxygens (including phenoxy) is 1. The first kappa shape index (κ1) is 14.1. The summed E-state index contributed by atoms with van der Waals surface area (Å²) in [4.78, 5) is 10.7. The molecule has 0 aromatic carbocycles. The zero-order chi connectivity index (χ0) is 11.9. The van der Waals surface area contributed by atoms with Crippen LogP contribution in [-0.4, -0.2) is 29.3 Å². The Morgan fingerprint density at radius 1 is 1.60 bits per heavy atom. The third-order valence-corrected chi connectivity index (χ3v) is 1.98. The first-order valence-corrected chi connectivity index (χ1v) is 5.11. The van der Waals surface area contributed by atoms with Crippen molar-refractivity contribution in [1.82, 2.24) is 0 Å². The molecule has 0 bridgehead atoms. The van der Waals surface area contributed by atoms with E-state index in [2.05, 4.69) is 6.58 Å². The van der Waals surface area contributed by atoms with Crippen LogP contribution in [-0.2, 0) is 9.53 Å². The summed E-state index contributed by atoms with van der Waals surface area (Å²) in [5, 5.41) is 9.53. The van der Waals surface area contributed by atoms with Crippen LogP contribution in [0.5, 0.6) is 0 Å². The Bertz CT molecular complexity index is 208. The van der Waals surface area contributed by atoms with E-state index in [0.717, 1.165) is 12.5 Å². The fraction of sp³-hybridized carbons (Fsp3) is 0.727. The molecule has 0 fully saturated rings. The quantitative estimate of drug-likeness (QED) is 0.490. The standard InChI is InChI=1S/C11H21NO3/c1-4-10(14)15-8-6-9(13)5-7-11(2,3)12/h4,9,13H,1,5-8,12H2,2-3H3. The van der Waals surface area contributed by atoms with Crippen LogP contribution in [0.15, 0.2) is 12.7 Å². The fourth-order valence-corrected chi connectivity index (χ4v) is 1.04. The zero-order valence-electron chi connectivity index (χ0n) is 9.53. The molecule has 3 N–H and O–H groups in total. The van der Waals surface area contributed by atoms with Gasteiger partial charge in [-0.05, 0) is 26.7 Å². The number of carbonyl (C=O) groups is 1. The Morgan fingerprint density at radius 3 is 2.67 bits per heavy atom. The monoisotopic (exact) mass is 215 g/mol. The van der Waals surface area contributed by atoms with Gasteiger partial charge >= 0.3 is 5.97 Å². The smallest absolute Gasteiger partial charge is 0.330 e. The van der Waals surface area contributed by atoms with Crippen LogP contribution in [0.4, 0.5) is 0 Å². The van der Waals surface area contributed by atoms with Crippen LogP contribution in [0.25, 0.3) is 0 Å². The van der Waals surface area contributed by atoms with Crippen LogP contribution in [0.2, 0.25) is 0 Å². The second-order valence-corrected chi connectivity index (χ2v) is 4.34. The lowest BCUT2D eigenvalue weighted by Gasteiger charge is -2.20. The molecule has 0 aromatic heterocycles. The Balaban J connectivity index is 3.53. The largest absolute Gasteiger partial charge is 0.462 e. The number of esters is 1. The second-order valence-electron chi connectivity index (χ2n) is 4.34. The molecule has 0 rings (SSSR count). The summed E-state index contributed by atoms with van der Waals surface area (Å²) < 4.78 is 4.75. The minimum Gasteiger partial charge on any atom is -0.462 e. The van der Waals surface area contributed by atoms with E-state index in [-0.39, 0.29) is 12.1 Å². The number of nitrogens with two attached hydrogens (primary N) is 1. The molecule has 0 aliphatic rings. The number of hydrogen-bond donors (Lipinski definition) is 2. The number of aliphatic hydroxyl groups is 1. The van der Waals surface area contributed by atoms with Gasteiger partial charge in [0.25, 0.3) is 0 Å². The van der Waals surface area contributed by atoms with E-state index in [9.17, 15) is 9.90 Å². The van der Waals surface area contributed by atoms with E-state index in [1.807, 2.05) is 13.8 Å². The van der Waals surface area contributed by atoms with Crippen molar-refractivity contribution >= 4 is 5.97 Å². The summed E-state index contributed by atoms with van der Waals surface area (Å²) in [6, 6.07) is 0. The van der Waals surface area contributed by atoms with Gasteiger partial charge in [-0.25, -0.2) is 4.79 Å². The molecule has 88 valence electrons. The van der Waals surface area contributed by atoms with Crippen molar-refractivity contribution in [2.75, 3.05) is 6.61 Å².